The van der Waals surface area contributed by atoms with E-state index < -0.39 is 0 Å². The molecule has 2 rings (SSSR count). The van der Waals surface area contributed by atoms with Crippen LogP contribution in [0.15, 0.2) is 18.2 Å². The molecule has 17 heavy (non-hydrogen) atoms. The lowest BCUT2D eigenvalue weighted by Gasteiger charge is -2.22. The fraction of sp³-hybridized carbons (Fsp3) is 0.571. The van der Waals surface area contributed by atoms with Gasteiger partial charge in [0.1, 0.15) is 11.5 Å². The van der Waals surface area contributed by atoms with E-state index in [1.807, 2.05) is 19.2 Å². The molecule has 2 atom stereocenters. The zero-order valence-corrected chi connectivity index (χ0v) is 10.8. The molecule has 0 aliphatic heterocycles. The molecule has 0 aromatic heterocycles. The van der Waals surface area contributed by atoms with E-state index in [-0.39, 0.29) is 0 Å². The van der Waals surface area contributed by atoms with Gasteiger partial charge in [-0.25, -0.2) is 0 Å². The van der Waals surface area contributed by atoms with E-state index in [2.05, 4.69) is 11.4 Å². The van der Waals surface area contributed by atoms with Crippen LogP contribution in [-0.4, -0.2) is 27.3 Å². The minimum Gasteiger partial charge on any atom is -0.497 e. The van der Waals surface area contributed by atoms with Crippen molar-refractivity contribution in [2.75, 3.05) is 21.3 Å². The first kappa shape index (κ1) is 12.2. The van der Waals surface area contributed by atoms with Crippen molar-refractivity contribution in [1.82, 2.24) is 5.32 Å². The van der Waals surface area contributed by atoms with E-state index in [9.17, 15) is 0 Å². The first-order valence-electron chi connectivity index (χ1n) is 6.19. The number of hydrogen-bond acceptors (Lipinski definition) is 3. The molecule has 0 spiro atoms. The molecule has 1 aliphatic rings. The Hall–Kier alpha value is -1.22. The normalized spacial score (nSPS) is 23.7. The monoisotopic (exact) mass is 235 g/mol. The highest BCUT2D eigenvalue weighted by Crippen LogP contribution is 2.40. The van der Waals surface area contributed by atoms with Gasteiger partial charge in [-0.15, -0.1) is 0 Å². The standard InChI is InChI=1S/C14H21NO2/c1-15-13-6-4-5-11(13)12-9-10(16-2)7-8-14(12)17-3/h7-9,11,13,15H,4-6H2,1-3H3. The second-order valence-electron chi connectivity index (χ2n) is 4.54. The quantitative estimate of drug-likeness (QED) is 0.870. The molecule has 0 amide bonds. The molecule has 1 aromatic carbocycles. The summed E-state index contributed by atoms with van der Waals surface area (Å²) in [5.74, 6) is 2.41. The Morgan fingerprint density at radius 1 is 1.18 bits per heavy atom. The molecular formula is C14H21NO2. The van der Waals surface area contributed by atoms with Crippen molar-refractivity contribution in [2.24, 2.45) is 0 Å². The van der Waals surface area contributed by atoms with Crippen LogP contribution in [-0.2, 0) is 0 Å². The topological polar surface area (TPSA) is 30.5 Å². The van der Waals surface area contributed by atoms with E-state index in [1.165, 1.54) is 24.8 Å². The fourth-order valence-corrected chi connectivity index (χ4v) is 2.81. The van der Waals surface area contributed by atoms with Gasteiger partial charge >= 0.3 is 0 Å². The minimum absolute atomic E-state index is 0.532. The Morgan fingerprint density at radius 2 is 2.00 bits per heavy atom. The Kier molecular flexibility index (Phi) is 3.89. The Labute approximate surface area is 103 Å². The third-order valence-electron chi connectivity index (χ3n) is 3.72. The molecule has 3 nitrogen and oxygen atoms in total. The van der Waals surface area contributed by atoms with Crippen LogP contribution in [0.5, 0.6) is 11.5 Å². The van der Waals surface area contributed by atoms with E-state index in [0.717, 1.165) is 11.5 Å². The highest BCUT2D eigenvalue weighted by atomic mass is 16.5. The van der Waals surface area contributed by atoms with Gasteiger partial charge in [0.25, 0.3) is 0 Å². The SMILES string of the molecule is CNC1CCCC1c1cc(OC)ccc1OC. The molecule has 94 valence electrons. The van der Waals surface area contributed by atoms with E-state index in [4.69, 9.17) is 9.47 Å². The summed E-state index contributed by atoms with van der Waals surface area (Å²) in [4.78, 5) is 0. The molecular weight excluding hydrogens is 214 g/mol. The first-order valence-corrected chi connectivity index (χ1v) is 6.19. The van der Waals surface area contributed by atoms with Gasteiger partial charge in [-0.2, -0.15) is 0 Å². The molecule has 0 radical (unpaired) electrons. The first-order chi connectivity index (χ1) is 8.30. The number of nitrogens with one attached hydrogen (secondary N) is 1. The molecule has 0 heterocycles. The third kappa shape index (κ3) is 2.39. The van der Waals surface area contributed by atoms with Crippen LogP contribution in [0.3, 0.4) is 0 Å². The van der Waals surface area contributed by atoms with Crippen LogP contribution in [0, 0.1) is 0 Å². The van der Waals surface area contributed by atoms with E-state index in [1.54, 1.807) is 14.2 Å². The molecule has 3 heteroatoms. The summed E-state index contributed by atoms with van der Waals surface area (Å²) in [5, 5.41) is 3.40. The zero-order chi connectivity index (χ0) is 12.3. The molecule has 1 saturated carbocycles. The number of likely N-dealkylation sites (N-methyl/N-ethyl adjacent to an activating group) is 1. The zero-order valence-electron chi connectivity index (χ0n) is 10.8. The van der Waals surface area contributed by atoms with Gasteiger partial charge in [0.05, 0.1) is 14.2 Å². The van der Waals surface area contributed by atoms with Crippen LogP contribution in [0.4, 0.5) is 0 Å². The van der Waals surface area contributed by atoms with Crippen LogP contribution >= 0.6 is 0 Å². The number of methoxy groups -OCH3 is 2. The Bertz CT molecular complexity index is 378. The van der Waals surface area contributed by atoms with Crippen molar-refractivity contribution in [3.8, 4) is 11.5 Å². The maximum atomic E-state index is 5.47. The fourth-order valence-electron chi connectivity index (χ4n) is 2.81. The number of hydrogen-bond donors (Lipinski definition) is 1. The maximum absolute atomic E-state index is 5.47. The van der Waals surface area contributed by atoms with Crippen molar-refractivity contribution in [3.05, 3.63) is 23.8 Å². The number of rotatable bonds is 4. The summed E-state index contributed by atoms with van der Waals surface area (Å²) in [7, 11) is 5.47. The average Bonchev–Trinajstić information content (AvgIpc) is 2.86. The summed E-state index contributed by atoms with van der Waals surface area (Å²) < 4.78 is 10.8. The Morgan fingerprint density at radius 3 is 2.65 bits per heavy atom. The molecule has 2 unspecified atom stereocenters. The number of ether oxygens (including phenoxy) is 2. The van der Waals surface area contributed by atoms with Gasteiger partial charge < -0.3 is 14.8 Å². The second kappa shape index (κ2) is 5.41. The summed E-state index contributed by atoms with van der Waals surface area (Å²) in [6.45, 7) is 0. The lowest BCUT2D eigenvalue weighted by molar-refractivity contribution is 0.390. The largest absolute Gasteiger partial charge is 0.497 e. The van der Waals surface area contributed by atoms with Crippen molar-refractivity contribution in [3.63, 3.8) is 0 Å². The maximum Gasteiger partial charge on any atom is 0.122 e. The van der Waals surface area contributed by atoms with Gasteiger partial charge in [0.2, 0.25) is 0 Å². The molecule has 0 bridgehead atoms. The lowest BCUT2D eigenvalue weighted by atomic mass is 9.93. The van der Waals surface area contributed by atoms with Gasteiger partial charge in [0, 0.05) is 17.5 Å². The van der Waals surface area contributed by atoms with Gasteiger partial charge in [-0.3, -0.25) is 0 Å². The van der Waals surface area contributed by atoms with Crippen LogP contribution < -0.4 is 14.8 Å². The molecule has 1 aromatic rings. The predicted molar refractivity (Wildman–Crippen MR) is 69.0 cm³/mol. The molecule has 1 N–H and O–H groups in total. The summed E-state index contributed by atoms with van der Waals surface area (Å²) >= 11 is 0. The highest BCUT2D eigenvalue weighted by molar-refractivity contribution is 5.43. The minimum atomic E-state index is 0.532. The third-order valence-corrected chi connectivity index (χ3v) is 3.72. The van der Waals surface area contributed by atoms with Crippen molar-refractivity contribution in [1.29, 1.82) is 0 Å². The molecule has 1 fully saturated rings. The van der Waals surface area contributed by atoms with Crippen molar-refractivity contribution in [2.45, 2.75) is 31.2 Å². The summed E-state index contributed by atoms with van der Waals surface area (Å²) in [5.41, 5.74) is 1.27. The summed E-state index contributed by atoms with van der Waals surface area (Å²) in [6, 6.07) is 6.61. The number of benzene rings is 1. The predicted octanol–water partition coefficient (Wildman–Crippen LogP) is 2.56. The lowest BCUT2D eigenvalue weighted by Crippen LogP contribution is -2.27. The summed E-state index contributed by atoms with van der Waals surface area (Å²) in [6.07, 6.45) is 3.73. The Balaban J connectivity index is 2.34. The van der Waals surface area contributed by atoms with Crippen LogP contribution in [0.25, 0.3) is 0 Å². The van der Waals surface area contributed by atoms with Crippen molar-refractivity contribution < 1.29 is 9.47 Å². The van der Waals surface area contributed by atoms with Crippen molar-refractivity contribution >= 4 is 0 Å². The van der Waals surface area contributed by atoms with E-state index in [0.29, 0.717) is 12.0 Å². The second-order valence-corrected chi connectivity index (χ2v) is 4.54. The van der Waals surface area contributed by atoms with E-state index >= 15 is 0 Å². The van der Waals surface area contributed by atoms with Gasteiger partial charge in [-0.1, -0.05) is 6.42 Å². The highest BCUT2D eigenvalue weighted by Gasteiger charge is 2.29. The smallest absolute Gasteiger partial charge is 0.122 e. The van der Waals surface area contributed by atoms with Crippen LogP contribution in [0.1, 0.15) is 30.7 Å². The van der Waals surface area contributed by atoms with Gasteiger partial charge in [-0.05, 0) is 38.1 Å². The van der Waals surface area contributed by atoms with Gasteiger partial charge in [0.15, 0.2) is 0 Å². The molecule has 1 aliphatic carbocycles. The average molecular weight is 235 g/mol. The van der Waals surface area contributed by atoms with Crippen LogP contribution in [0.2, 0.25) is 0 Å². The molecule has 0 saturated heterocycles.